The minimum atomic E-state index is -0.261. The van der Waals surface area contributed by atoms with Gasteiger partial charge in [-0.3, -0.25) is 4.79 Å². The molecule has 0 unspecified atom stereocenters. The Balaban J connectivity index is 2.58. The van der Waals surface area contributed by atoms with Gasteiger partial charge >= 0.3 is 0 Å². The summed E-state index contributed by atoms with van der Waals surface area (Å²) in [5.74, 6) is -0.207. The minimum Gasteiger partial charge on any atom is -0.376 e. The predicted octanol–water partition coefficient (Wildman–Crippen LogP) is 2.41. The number of aryl methyl sites for hydroxylation is 1. The summed E-state index contributed by atoms with van der Waals surface area (Å²) in [6, 6.07) is 4.49. The van der Waals surface area contributed by atoms with Crippen LogP contribution in [-0.4, -0.2) is 30.4 Å². The Labute approximate surface area is 102 Å². The van der Waals surface area contributed by atoms with E-state index in [4.69, 9.17) is 0 Å². The molecule has 0 saturated heterocycles. The topological polar surface area (TPSA) is 32.3 Å². The second kappa shape index (κ2) is 6.23. The maximum atomic E-state index is 12.9. The van der Waals surface area contributed by atoms with Crippen LogP contribution in [0.2, 0.25) is 0 Å². The number of carbonyl (C=O) groups is 1. The first-order valence-electron chi connectivity index (χ1n) is 5.86. The highest BCUT2D eigenvalue weighted by Crippen LogP contribution is 2.15. The molecule has 0 heterocycles. The van der Waals surface area contributed by atoms with Crippen molar-refractivity contribution in [2.24, 2.45) is 0 Å². The average molecular weight is 238 g/mol. The summed E-state index contributed by atoms with van der Waals surface area (Å²) in [5, 5.41) is 3.03. The fraction of sp³-hybridized carbons (Fsp3) is 0.462. The number of carbonyl (C=O) groups excluding carboxylic acids is 1. The molecular formula is C13H19FN2O. The molecule has 1 N–H and O–H groups in total. The lowest BCUT2D eigenvalue weighted by molar-refractivity contribution is -0.128. The summed E-state index contributed by atoms with van der Waals surface area (Å²) in [6.07, 6.45) is 0. The molecule has 1 aromatic carbocycles. The zero-order chi connectivity index (χ0) is 12.8. The minimum absolute atomic E-state index is 0.0544. The third-order valence-electron chi connectivity index (χ3n) is 2.73. The quantitative estimate of drug-likeness (QED) is 0.854. The number of hydrogen-bond acceptors (Lipinski definition) is 2. The van der Waals surface area contributed by atoms with Crippen LogP contribution in [0.3, 0.4) is 0 Å². The number of benzene rings is 1. The standard InChI is InChI=1S/C13H19FN2O/c1-4-16(5-2)13(17)9-15-12-7-6-11(14)8-10(12)3/h6-8,15H,4-5,9H2,1-3H3. The number of anilines is 1. The van der Waals surface area contributed by atoms with E-state index < -0.39 is 0 Å². The maximum absolute atomic E-state index is 12.9. The van der Waals surface area contributed by atoms with Crippen molar-refractivity contribution in [1.82, 2.24) is 4.90 Å². The summed E-state index contributed by atoms with van der Waals surface area (Å²) >= 11 is 0. The lowest BCUT2D eigenvalue weighted by atomic mass is 10.2. The summed E-state index contributed by atoms with van der Waals surface area (Å²) in [6.45, 7) is 7.37. The average Bonchev–Trinajstić information content (AvgIpc) is 2.29. The molecule has 3 nitrogen and oxygen atoms in total. The number of amides is 1. The van der Waals surface area contributed by atoms with Crippen LogP contribution in [0.1, 0.15) is 19.4 Å². The van der Waals surface area contributed by atoms with Crippen molar-refractivity contribution in [3.63, 3.8) is 0 Å². The summed E-state index contributed by atoms with van der Waals surface area (Å²) in [5.41, 5.74) is 1.60. The van der Waals surface area contributed by atoms with E-state index in [9.17, 15) is 9.18 Å². The molecule has 0 aromatic heterocycles. The lowest BCUT2D eigenvalue weighted by Crippen LogP contribution is -2.35. The number of nitrogens with zero attached hydrogens (tertiary/aromatic N) is 1. The first kappa shape index (κ1) is 13.5. The van der Waals surface area contributed by atoms with Crippen molar-refractivity contribution >= 4 is 11.6 Å². The smallest absolute Gasteiger partial charge is 0.241 e. The highest BCUT2D eigenvalue weighted by Gasteiger charge is 2.09. The van der Waals surface area contributed by atoms with Gasteiger partial charge in [-0.15, -0.1) is 0 Å². The fourth-order valence-corrected chi connectivity index (χ4v) is 1.68. The molecule has 4 heteroatoms. The molecule has 1 rings (SSSR count). The van der Waals surface area contributed by atoms with Crippen molar-refractivity contribution in [2.75, 3.05) is 25.0 Å². The SMILES string of the molecule is CCN(CC)C(=O)CNc1ccc(F)cc1C. The molecule has 1 amide bonds. The van der Waals surface area contributed by atoms with E-state index in [1.165, 1.54) is 12.1 Å². The van der Waals surface area contributed by atoms with E-state index >= 15 is 0 Å². The van der Waals surface area contributed by atoms with E-state index in [1.807, 2.05) is 20.8 Å². The third-order valence-corrected chi connectivity index (χ3v) is 2.73. The Morgan fingerprint density at radius 3 is 2.53 bits per heavy atom. The Kier molecular flexibility index (Phi) is 4.94. The van der Waals surface area contributed by atoms with Crippen molar-refractivity contribution in [1.29, 1.82) is 0 Å². The van der Waals surface area contributed by atoms with Crippen LogP contribution < -0.4 is 5.32 Å². The Bertz CT molecular complexity index is 389. The van der Waals surface area contributed by atoms with Crippen LogP contribution in [0.5, 0.6) is 0 Å². The Morgan fingerprint density at radius 1 is 1.35 bits per heavy atom. The molecule has 0 atom stereocenters. The van der Waals surface area contributed by atoms with Gasteiger partial charge in [0.1, 0.15) is 5.82 Å². The summed E-state index contributed by atoms with van der Waals surface area (Å²) in [7, 11) is 0. The highest BCUT2D eigenvalue weighted by atomic mass is 19.1. The van der Waals surface area contributed by atoms with Gasteiger partial charge < -0.3 is 10.2 Å². The fourth-order valence-electron chi connectivity index (χ4n) is 1.68. The highest BCUT2D eigenvalue weighted by molar-refractivity contribution is 5.81. The van der Waals surface area contributed by atoms with Gasteiger partial charge in [0.15, 0.2) is 0 Å². The molecule has 1 aromatic rings. The van der Waals surface area contributed by atoms with Gasteiger partial charge in [-0.2, -0.15) is 0 Å². The van der Waals surface area contributed by atoms with Crippen molar-refractivity contribution in [2.45, 2.75) is 20.8 Å². The first-order chi connectivity index (χ1) is 8.08. The molecule has 0 fully saturated rings. The van der Waals surface area contributed by atoms with Crippen molar-refractivity contribution in [3.8, 4) is 0 Å². The second-order valence-corrected chi connectivity index (χ2v) is 3.88. The van der Waals surface area contributed by atoms with E-state index in [0.29, 0.717) is 13.1 Å². The van der Waals surface area contributed by atoms with Crippen molar-refractivity contribution < 1.29 is 9.18 Å². The number of rotatable bonds is 5. The normalized spacial score (nSPS) is 10.1. The molecule has 0 bridgehead atoms. The number of hydrogen-bond donors (Lipinski definition) is 1. The second-order valence-electron chi connectivity index (χ2n) is 3.88. The first-order valence-corrected chi connectivity index (χ1v) is 5.86. The maximum Gasteiger partial charge on any atom is 0.241 e. The summed E-state index contributed by atoms with van der Waals surface area (Å²) < 4.78 is 12.9. The van der Waals surface area contributed by atoms with E-state index in [0.717, 1.165) is 11.3 Å². The number of halogens is 1. The molecule has 0 aliphatic heterocycles. The number of nitrogens with one attached hydrogen (secondary N) is 1. The Morgan fingerprint density at radius 2 is 2.00 bits per heavy atom. The van der Waals surface area contributed by atoms with Crippen LogP contribution in [-0.2, 0) is 4.79 Å². The van der Waals surface area contributed by atoms with Crippen LogP contribution in [0.4, 0.5) is 10.1 Å². The van der Waals surface area contributed by atoms with Crippen LogP contribution >= 0.6 is 0 Å². The van der Waals surface area contributed by atoms with E-state index in [-0.39, 0.29) is 18.3 Å². The zero-order valence-electron chi connectivity index (χ0n) is 10.6. The van der Waals surface area contributed by atoms with Crippen LogP contribution in [0.15, 0.2) is 18.2 Å². The molecule has 0 radical (unpaired) electrons. The summed E-state index contributed by atoms with van der Waals surface area (Å²) in [4.78, 5) is 13.5. The van der Waals surface area contributed by atoms with Gasteiger partial charge in [-0.25, -0.2) is 4.39 Å². The van der Waals surface area contributed by atoms with E-state index in [1.54, 1.807) is 11.0 Å². The molecule has 0 aliphatic carbocycles. The van der Waals surface area contributed by atoms with Gasteiger partial charge in [0.25, 0.3) is 0 Å². The predicted molar refractivity (Wildman–Crippen MR) is 67.6 cm³/mol. The van der Waals surface area contributed by atoms with Gasteiger partial charge in [-0.05, 0) is 44.5 Å². The largest absolute Gasteiger partial charge is 0.376 e. The molecule has 94 valence electrons. The van der Waals surface area contributed by atoms with Gasteiger partial charge in [-0.1, -0.05) is 0 Å². The van der Waals surface area contributed by atoms with E-state index in [2.05, 4.69) is 5.32 Å². The Hall–Kier alpha value is -1.58. The monoisotopic (exact) mass is 238 g/mol. The van der Waals surface area contributed by atoms with Gasteiger partial charge in [0, 0.05) is 18.8 Å². The van der Waals surface area contributed by atoms with Gasteiger partial charge in [0.05, 0.1) is 6.54 Å². The molecule has 17 heavy (non-hydrogen) atoms. The van der Waals surface area contributed by atoms with Crippen molar-refractivity contribution in [3.05, 3.63) is 29.6 Å². The van der Waals surface area contributed by atoms with Gasteiger partial charge in [0.2, 0.25) is 5.91 Å². The molecule has 0 saturated carbocycles. The zero-order valence-corrected chi connectivity index (χ0v) is 10.6. The van der Waals surface area contributed by atoms with Crippen LogP contribution in [0, 0.1) is 12.7 Å². The molecule has 0 aliphatic rings. The van der Waals surface area contributed by atoms with Crippen LogP contribution in [0.25, 0.3) is 0 Å². The number of likely N-dealkylation sites (N-methyl/N-ethyl adjacent to an activating group) is 1. The lowest BCUT2D eigenvalue weighted by Gasteiger charge is -2.19. The molecular weight excluding hydrogens is 219 g/mol. The third kappa shape index (κ3) is 3.73. The molecule has 0 spiro atoms.